The molecule has 0 aliphatic rings. The van der Waals surface area contributed by atoms with E-state index in [1.54, 1.807) is 12.2 Å². The predicted molar refractivity (Wildman–Crippen MR) is 46.9 cm³/mol. The normalized spacial score (nSPS) is 12.6. The molecule has 0 amide bonds. The highest BCUT2D eigenvalue weighted by atomic mass is 19.1. The first-order valence-electron chi connectivity index (χ1n) is 3.59. The van der Waals surface area contributed by atoms with Crippen molar-refractivity contribution in [3.05, 3.63) is 41.9 Å². The van der Waals surface area contributed by atoms with Crippen LogP contribution in [-0.2, 0) is 0 Å². The van der Waals surface area contributed by atoms with Gasteiger partial charge in [0.1, 0.15) is 0 Å². The van der Waals surface area contributed by atoms with Crippen molar-refractivity contribution >= 4 is 0 Å². The Labute approximate surface area is 67.4 Å². The molecule has 0 radical (unpaired) electrons. The van der Waals surface area contributed by atoms with Crippen molar-refractivity contribution in [1.82, 2.24) is 0 Å². The van der Waals surface area contributed by atoms with E-state index < -0.39 is 0 Å². The van der Waals surface area contributed by atoms with Crippen molar-refractivity contribution in [2.45, 2.75) is 20.3 Å². The minimum atomic E-state index is -0.187. The largest absolute Gasteiger partial charge is 0.212 e. The lowest BCUT2D eigenvalue weighted by Gasteiger charge is -1.90. The Balaban J connectivity index is 4.36. The highest BCUT2D eigenvalue weighted by Gasteiger charge is 1.84. The van der Waals surface area contributed by atoms with E-state index in [1.807, 2.05) is 6.92 Å². The summed E-state index contributed by atoms with van der Waals surface area (Å²) in [5, 5.41) is 0. The third-order valence-electron chi connectivity index (χ3n) is 1.22. The summed E-state index contributed by atoms with van der Waals surface area (Å²) >= 11 is 0. The molecule has 0 unspecified atom stereocenters. The van der Waals surface area contributed by atoms with E-state index in [2.05, 4.69) is 12.3 Å². The van der Waals surface area contributed by atoms with Crippen LogP contribution < -0.4 is 0 Å². The van der Waals surface area contributed by atoms with Crippen molar-refractivity contribution in [2.24, 2.45) is 0 Å². The van der Waals surface area contributed by atoms with Gasteiger partial charge in [0.05, 0.1) is 5.83 Å². The maximum absolute atomic E-state index is 12.2. The number of halogens is 1. The van der Waals surface area contributed by atoms with Gasteiger partial charge in [0.2, 0.25) is 0 Å². The van der Waals surface area contributed by atoms with Crippen molar-refractivity contribution in [2.75, 3.05) is 0 Å². The molecule has 60 valence electrons. The van der Waals surface area contributed by atoms with Gasteiger partial charge in [0.15, 0.2) is 0 Å². The predicted octanol–water partition coefficient (Wildman–Crippen LogP) is 3.54. The van der Waals surface area contributed by atoms with Crippen molar-refractivity contribution in [3.8, 4) is 0 Å². The Kier molecular flexibility index (Phi) is 5.14. The van der Waals surface area contributed by atoms with Crippen LogP contribution >= 0.6 is 0 Å². The molecule has 0 aromatic rings. The minimum Gasteiger partial charge on any atom is -0.212 e. The van der Waals surface area contributed by atoms with Crippen LogP contribution in [0.3, 0.4) is 0 Å². The van der Waals surface area contributed by atoms with Gasteiger partial charge in [0, 0.05) is 0 Å². The van der Waals surface area contributed by atoms with Gasteiger partial charge in [-0.25, -0.2) is 4.39 Å². The van der Waals surface area contributed by atoms with Crippen LogP contribution in [-0.4, -0.2) is 0 Å². The molecule has 0 aliphatic carbocycles. The molecule has 0 bridgehead atoms. The van der Waals surface area contributed by atoms with Crippen LogP contribution in [0.4, 0.5) is 4.39 Å². The van der Waals surface area contributed by atoms with Gasteiger partial charge in [-0.1, -0.05) is 19.6 Å². The standard InChI is InChI=1S/C10H13F/c1-4-6-10(5-2)8-7-9(3)11/h6-8H,1,5H2,2-3H3/b9-7+,10-8-. The van der Waals surface area contributed by atoms with Gasteiger partial charge in [-0.2, -0.15) is 0 Å². The molecule has 0 aliphatic heterocycles. The third kappa shape index (κ3) is 5.38. The van der Waals surface area contributed by atoms with Crippen LogP contribution in [0.25, 0.3) is 0 Å². The van der Waals surface area contributed by atoms with E-state index in [1.165, 1.54) is 13.0 Å². The first-order valence-corrected chi connectivity index (χ1v) is 3.59. The topological polar surface area (TPSA) is 0 Å². The average molecular weight is 152 g/mol. The van der Waals surface area contributed by atoms with Crippen molar-refractivity contribution in [3.63, 3.8) is 0 Å². The van der Waals surface area contributed by atoms with Gasteiger partial charge >= 0.3 is 0 Å². The van der Waals surface area contributed by atoms with Gasteiger partial charge in [0.25, 0.3) is 0 Å². The molecule has 0 aromatic carbocycles. The monoisotopic (exact) mass is 152 g/mol. The van der Waals surface area contributed by atoms with Gasteiger partial charge in [-0.3, -0.25) is 0 Å². The molecule has 0 atom stereocenters. The van der Waals surface area contributed by atoms with Gasteiger partial charge < -0.3 is 0 Å². The van der Waals surface area contributed by atoms with Crippen LogP contribution in [0, 0.1) is 0 Å². The lowest BCUT2D eigenvalue weighted by molar-refractivity contribution is 0.640. The van der Waals surface area contributed by atoms with Gasteiger partial charge in [-0.15, -0.1) is 5.73 Å². The van der Waals surface area contributed by atoms with Crippen molar-refractivity contribution in [1.29, 1.82) is 0 Å². The molecule has 0 heterocycles. The Morgan fingerprint density at radius 3 is 2.55 bits per heavy atom. The summed E-state index contributed by atoms with van der Waals surface area (Å²) in [6, 6.07) is 0. The first-order chi connectivity index (χ1) is 5.20. The molecule has 0 saturated heterocycles. The Morgan fingerprint density at radius 1 is 1.55 bits per heavy atom. The number of allylic oxidation sites excluding steroid dienone is 5. The second-order valence-electron chi connectivity index (χ2n) is 2.20. The second kappa shape index (κ2) is 5.70. The Bertz CT molecular complexity index is 211. The summed E-state index contributed by atoms with van der Waals surface area (Å²) < 4.78 is 12.2. The zero-order valence-electron chi connectivity index (χ0n) is 7.02. The molecule has 0 rings (SSSR count). The lowest BCUT2D eigenvalue weighted by Crippen LogP contribution is -1.71. The minimum absolute atomic E-state index is 0.187. The van der Waals surface area contributed by atoms with E-state index in [0.29, 0.717) is 0 Å². The molecule has 0 nitrogen and oxygen atoms in total. The summed E-state index contributed by atoms with van der Waals surface area (Å²) in [6.07, 6.45) is 5.78. The fourth-order valence-corrected chi connectivity index (χ4v) is 0.621. The fourth-order valence-electron chi connectivity index (χ4n) is 0.621. The van der Waals surface area contributed by atoms with E-state index in [4.69, 9.17) is 0 Å². The Hall–Kier alpha value is -1.07. The van der Waals surface area contributed by atoms with Crippen molar-refractivity contribution < 1.29 is 4.39 Å². The summed E-state index contributed by atoms with van der Waals surface area (Å²) in [4.78, 5) is 0. The molecule has 0 spiro atoms. The zero-order chi connectivity index (χ0) is 8.69. The quantitative estimate of drug-likeness (QED) is 0.428. The van der Waals surface area contributed by atoms with Gasteiger partial charge in [-0.05, 0) is 31.1 Å². The van der Waals surface area contributed by atoms with Crippen LogP contribution in [0.5, 0.6) is 0 Å². The molecular weight excluding hydrogens is 139 g/mol. The number of rotatable bonds is 3. The SMILES string of the molecule is C=C=C/C(=C\C=C(/C)F)CC. The highest BCUT2D eigenvalue weighted by molar-refractivity contribution is 5.23. The first kappa shape index (κ1) is 9.93. The zero-order valence-corrected chi connectivity index (χ0v) is 7.02. The summed E-state index contributed by atoms with van der Waals surface area (Å²) in [5.74, 6) is -0.187. The van der Waals surface area contributed by atoms with Crippen LogP contribution in [0.15, 0.2) is 41.9 Å². The van der Waals surface area contributed by atoms with E-state index >= 15 is 0 Å². The fraction of sp³-hybridized carbons (Fsp3) is 0.300. The molecule has 0 fully saturated rings. The molecule has 0 aromatic heterocycles. The molecule has 1 heteroatoms. The number of hydrogen-bond acceptors (Lipinski definition) is 0. The Morgan fingerprint density at radius 2 is 2.18 bits per heavy atom. The summed E-state index contributed by atoms with van der Waals surface area (Å²) in [7, 11) is 0. The molecular formula is C10H13F. The molecule has 11 heavy (non-hydrogen) atoms. The average Bonchev–Trinajstić information content (AvgIpc) is 1.97. The highest BCUT2D eigenvalue weighted by Crippen LogP contribution is 2.03. The molecule has 0 saturated carbocycles. The van der Waals surface area contributed by atoms with E-state index in [0.717, 1.165) is 12.0 Å². The third-order valence-corrected chi connectivity index (χ3v) is 1.22. The van der Waals surface area contributed by atoms with E-state index in [-0.39, 0.29) is 5.83 Å². The second-order valence-corrected chi connectivity index (χ2v) is 2.20. The molecule has 0 N–H and O–H groups in total. The van der Waals surface area contributed by atoms with Crippen LogP contribution in [0.1, 0.15) is 20.3 Å². The smallest absolute Gasteiger partial charge is 0.0968 e. The number of hydrogen-bond donors (Lipinski definition) is 0. The maximum atomic E-state index is 12.2. The lowest BCUT2D eigenvalue weighted by atomic mass is 10.2. The summed E-state index contributed by atoms with van der Waals surface area (Å²) in [6.45, 7) is 6.86. The maximum Gasteiger partial charge on any atom is 0.0968 e. The summed E-state index contributed by atoms with van der Waals surface area (Å²) in [5.41, 5.74) is 3.67. The van der Waals surface area contributed by atoms with Crippen LogP contribution in [0.2, 0.25) is 0 Å². The van der Waals surface area contributed by atoms with E-state index in [9.17, 15) is 4.39 Å².